The van der Waals surface area contributed by atoms with Crippen LogP contribution in [0.3, 0.4) is 0 Å². The van der Waals surface area contributed by atoms with Crippen molar-refractivity contribution in [1.29, 1.82) is 0 Å². The minimum Gasteiger partial charge on any atom is -0.329 e. The molecule has 2 rings (SSSR count). The number of hydrogen-bond donors (Lipinski definition) is 1. The SMILES string of the molecule is CC1CCCCN1C(CN)c1ccc([N+](=O)[O-])cc1. The fourth-order valence-corrected chi connectivity index (χ4v) is 2.86. The molecule has 5 heteroatoms. The Morgan fingerprint density at radius 3 is 2.63 bits per heavy atom. The van der Waals surface area contributed by atoms with Crippen LogP contribution in [0.15, 0.2) is 24.3 Å². The molecule has 0 spiro atoms. The molecule has 1 saturated heterocycles. The van der Waals surface area contributed by atoms with Gasteiger partial charge in [0.2, 0.25) is 0 Å². The number of likely N-dealkylation sites (tertiary alicyclic amines) is 1. The summed E-state index contributed by atoms with van der Waals surface area (Å²) in [7, 11) is 0. The quantitative estimate of drug-likeness (QED) is 0.669. The zero-order valence-electron chi connectivity index (χ0n) is 11.3. The van der Waals surface area contributed by atoms with E-state index in [0.717, 1.165) is 12.1 Å². The van der Waals surface area contributed by atoms with Crippen LogP contribution < -0.4 is 5.73 Å². The average Bonchev–Trinajstić information content (AvgIpc) is 2.42. The second-order valence-corrected chi connectivity index (χ2v) is 5.18. The fraction of sp³-hybridized carbons (Fsp3) is 0.571. The number of piperidine rings is 1. The Hall–Kier alpha value is -1.46. The van der Waals surface area contributed by atoms with Gasteiger partial charge in [-0.3, -0.25) is 15.0 Å². The Labute approximate surface area is 113 Å². The van der Waals surface area contributed by atoms with Crippen LogP contribution in [0.25, 0.3) is 0 Å². The van der Waals surface area contributed by atoms with Gasteiger partial charge in [-0.1, -0.05) is 18.6 Å². The molecule has 0 bridgehead atoms. The molecule has 0 aliphatic carbocycles. The lowest BCUT2D eigenvalue weighted by molar-refractivity contribution is -0.384. The van der Waals surface area contributed by atoms with Gasteiger partial charge < -0.3 is 5.73 Å². The zero-order chi connectivity index (χ0) is 13.8. The van der Waals surface area contributed by atoms with Gasteiger partial charge in [0, 0.05) is 30.8 Å². The number of hydrogen-bond acceptors (Lipinski definition) is 4. The standard InChI is InChI=1S/C14H21N3O2/c1-11-4-2-3-9-16(11)14(10-15)12-5-7-13(8-6-12)17(18)19/h5-8,11,14H,2-4,9-10,15H2,1H3. The van der Waals surface area contributed by atoms with Crippen LogP contribution in [0, 0.1) is 10.1 Å². The first-order valence-electron chi connectivity index (χ1n) is 6.83. The lowest BCUT2D eigenvalue weighted by Gasteiger charge is -2.39. The largest absolute Gasteiger partial charge is 0.329 e. The summed E-state index contributed by atoms with van der Waals surface area (Å²) in [5.41, 5.74) is 7.12. The van der Waals surface area contributed by atoms with E-state index in [1.807, 2.05) is 12.1 Å². The second kappa shape index (κ2) is 6.12. The summed E-state index contributed by atoms with van der Waals surface area (Å²) in [5, 5.41) is 10.7. The van der Waals surface area contributed by atoms with E-state index in [1.165, 1.54) is 19.3 Å². The maximum Gasteiger partial charge on any atom is 0.269 e. The molecule has 2 unspecified atom stereocenters. The van der Waals surface area contributed by atoms with Crippen LogP contribution in [-0.4, -0.2) is 29.0 Å². The highest BCUT2D eigenvalue weighted by Gasteiger charge is 2.26. The van der Waals surface area contributed by atoms with E-state index in [0.29, 0.717) is 12.6 Å². The molecule has 1 aromatic carbocycles. The Morgan fingerprint density at radius 2 is 2.11 bits per heavy atom. The third-order valence-corrected chi connectivity index (χ3v) is 3.97. The molecular weight excluding hydrogens is 242 g/mol. The molecule has 5 nitrogen and oxygen atoms in total. The van der Waals surface area contributed by atoms with Gasteiger partial charge in [0.05, 0.1) is 4.92 Å². The van der Waals surface area contributed by atoms with E-state index in [9.17, 15) is 10.1 Å². The summed E-state index contributed by atoms with van der Waals surface area (Å²) in [4.78, 5) is 12.7. The van der Waals surface area contributed by atoms with Crippen molar-refractivity contribution in [2.75, 3.05) is 13.1 Å². The highest BCUT2D eigenvalue weighted by Crippen LogP contribution is 2.28. The van der Waals surface area contributed by atoms with Crippen molar-refractivity contribution in [3.8, 4) is 0 Å². The molecule has 0 aromatic heterocycles. The average molecular weight is 263 g/mol. The molecule has 2 N–H and O–H groups in total. The monoisotopic (exact) mass is 263 g/mol. The van der Waals surface area contributed by atoms with Crippen LogP contribution in [0.1, 0.15) is 37.8 Å². The summed E-state index contributed by atoms with van der Waals surface area (Å²) in [6.07, 6.45) is 3.67. The van der Waals surface area contributed by atoms with Crippen LogP contribution >= 0.6 is 0 Å². The predicted octanol–water partition coefficient (Wildman–Crippen LogP) is 2.47. The summed E-state index contributed by atoms with van der Waals surface area (Å²) >= 11 is 0. The Balaban J connectivity index is 2.18. The van der Waals surface area contributed by atoms with Crippen molar-refractivity contribution in [2.45, 2.75) is 38.3 Å². The fourth-order valence-electron chi connectivity index (χ4n) is 2.86. The van der Waals surface area contributed by atoms with Gasteiger partial charge in [0.25, 0.3) is 5.69 Å². The molecule has 1 fully saturated rings. The molecule has 104 valence electrons. The van der Waals surface area contributed by atoms with Crippen molar-refractivity contribution < 1.29 is 4.92 Å². The smallest absolute Gasteiger partial charge is 0.269 e. The third kappa shape index (κ3) is 3.11. The van der Waals surface area contributed by atoms with E-state index < -0.39 is 0 Å². The Bertz CT molecular complexity index is 433. The topological polar surface area (TPSA) is 72.4 Å². The highest BCUT2D eigenvalue weighted by molar-refractivity contribution is 5.34. The van der Waals surface area contributed by atoms with Gasteiger partial charge in [-0.2, -0.15) is 0 Å². The van der Waals surface area contributed by atoms with Crippen LogP contribution in [0.5, 0.6) is 0 Å². The molecular formula is C14H21N3O2. The van der Waals surface area contributed by atoms with Crippen molar-refractivity contribution in [3.05, 3.63) is 39.9 Å². The van der Waals surface area contributed by atoms with Gasteiger partial charge in [0.1, 0.15) is 0 Å². The van der Waals surface area contributed by atoms with Gasteiger partial charge in [-0.05, 0) is 31.9 Å². The maximum absolute atomic E-state index is 10.7. The number of benzene rings is 1. The number of nitro groups is 1. The first-order valence-corrected chi connectivity index (χ1v) is 6.83. The zero-order valence-corrected chi connectivity index (χ0v) is 11.3. The van der Waals surface area contributed by atoms with Crippen molar-refractivity contribution in [1.82, 2.24) is 4.90 Å². The lowest BCUT2D eigenvalue weighted by atomic mass is 9.97. The van der Waals surface area contributed by atoms with Crippen molar-refractivity contribution in [2.24, 2.45) is 5.73 Å². The molecule has 0 radical (unpaired) electrons. The lowest BCUT2D eigenvalue weighted by Crippen LogP contribution is -2.43. The predicted molar refractivity (Wildman–Crippen MR) is 74.9 cm³/mol. The molecule has 0 amide bonds. The molecule has 1 heterocycles. The normalized spacial score (nSPS) is 22.1. The van der Waals surface area contributed by atoms with Crippen molar-refractivity contribution in [3.63, 3.8) is 0 Å². The highest BCUT2D eigenvalue weighted by atomic mass is 16.6. The maximum atomic E-state index is 10.7. The van der Waals surface area contributed by atoms with Gasteiger partial charge in [0.15, 0.2) is 0 Å². The van der Waals surface area contributed by atoms with E-state index in [-0.39, 0.29) is 16.7 Å². The first-order chi connectivity index (χ1) is 9.13. The van der Waals surface area contributed by atoms with Gasteiger partial charge >= 0.3 is 0 Å². The number of nitrogens with zero attached hydrogens (tertiary/aromatic N) is 2. The van der Waals surface area contributed by atoms with Gasteiger partial charge in [-0.25, -0.2) is 0 Å². The second-order valence-electron chi connectivity index (χ2n) is 5.18. The van der Waals surface area contributed by atoms with Crippen LogP contribution in [0.4, 0.5) is 5.69 Å². The van der Waals surface area contributed by atoms with Gasteiger partial charge in [-0.15, -0.1) is 0 Å². The van der Waals surface area contributed by atoms with E-state index in [4.69, 9.17) is 5.73 Å². The summed E-state index contributed by atoms with van der Waals surface area (Å²) in [5.74, 6) is 0. The molecule has 1 aromatic rings. The van der Waals surface area contributed by atoms with E-state index in [1.54, 1.807) is 12.1 Å². The molecule has 19 heavy (non-hydrogen) atoms. The summed E-state index contributed by atoms with van der Waals surface area (Å²) in [6.45, 7) is 3.83. The Morgan fingerprint density at radius 1 is 1.42 bits per heavy atom. The first kappa shape index (κ1) is 14.0. The minimum atomic E-state index is -0.370. The number of non-ortho nitro benzene ring substituents is 1. The minimum absolute atomic E-state index is 0.131. The summed E-state index contributed by atoms with van der Waals surface area (Å²) in [6, 6.07) is 7.47. The molecule has 1 aliphatic rings. The summed E-state index contributed by atoms with van der Waals surface area (Å²) < 4.78 is 0. The number of nitrogens with two attached hydrogens (primary N) is 1. The molecule has 0 saturated carbocycles. The molecule has 2 atom stereocenters. The number of nitro benzene ring substituents is 1. The van der Waals surface area contributed by atoms with E-state index >= 15 is 0 Å². The Kier molecular flexibility index (Phi) is 4.50. The van der Waals surface area contributed by atoms with Crippen LogP contribution in [0.2, 0.25) is 0 Å². The van der Waals surface area contributed by atoms with Crippen molar-refractivity contribution >= 4 is 5.69 Å². The van der Waals surface area contributed by atoms with Crippen LogP contribution in [-0.2, 0) is 0 Å². The number of rotatable bonds is 4. The molecule has 1 aliphatic heterocycles. The third-order valence-electron chi connectivity index (χ3n) is 3.97. The van der Waals surface area contributed by atoms with E-state index in [2.05, 4.69) is 11.8 Å².